The van der Waals surface area contributed by atoms with Gasteiger partial charge in [0.15, 0.2) is 0 Å². The van der Waals surface area contributed by atoms with E-state index in [0.29, 0.717) is 16.9 Å². The smallest absolute Gasteiger partial charge is 0.243 e. The van der Waals surface area contributed by atoms with E-state index < -0.39 is 16.8 Å². The van der Waals surface area contributed by atoms with Crippen LogP contribution >= 0.6 is 11.6 Å². The normalized spacial score (nSPS) is 13.7. The molecule has 2 N–H and O–H groups in total. The molecule has 2 aromatic rings. The summed E-state index contributed by atoms with van der Waals surface area (Å²) < 4.78 is 14.9. The fourth-order valence-electron chi connectivity index (χ4n) is 2.04. The molecular weight excluding hydrogens is 269 g/mol. The summed E-state index contributed by atoms with van der Waals surface area (Å²) >= 11 is 6.10. The molecule has 0 fully saturated rings. The molecule has 1 aromatic carbocycles. The van der Waals surface area contributed by atoms with E-state index in [9.17, 15) is 9.18 Å². The van der Waals surface area contributed by atoms with Crippen molar-refractivity contribution in [2.24, 2.45) is 5.73 Å². The van der Waals surface area contributed by atoms with E-state index in [2.05, 4.69) is 4.98 Å². The van der Waals surface area contributed by atoms with Gasteiger partial charge in [0.2, 0.25) is 5.91 Å². The Bertz CT molecular complexity index is 649. The fourth-order valence-corrected chi connectivity index (χ4v) is 2.18. The summed E-state index contributed by atoms with van der Waals surface area (Å²) in [7, 11) is 0. The second kappa shape index (κ2) is 4.49. The lowest BCUT2D eigenvalue weighted by Gasteiger charge is -2.26. The Hall–Kier alpha value is -1.62. The summed E-state index contributed by atoms with van der Waals surface area (Å²) in [6.45, 7) is 5.11. The highest BCUT2D eigenvalue weighted by molar-refractivity contribution is 6.20. The van der Waals surface area contributed by atoms with Crippen LogP contribution < -0.4 is 5.73 Å². The molecular formula is C13H15ClFN3O. The van der Waals surface area contributed by atoms with Crippen LogP contribution in [0, 0.1) is 5.82 Å². The molecule has 1 aromatic heterocycles. The average molecular weight is 284 g/mol. The Morgan fingerprint density at radius 2 is 2.16 bits per heavy atom. The predicted molar refractivity (Wildman–Crippen MR) is 72.5 cm³/mol. The standard InChI is InChI=1S/C13H15ClFN3O/c1-7(14)11-17-9-6-8(15)4-5-10(9)18(11)13(2,3)12(16)19/h4-7H,1-3H3,(H2,16,19). The Kier molecular flexibility index (Phi) is 3.26. The number of fused-ring (bicyclic) bond motifs is 1. The van der Waals surface area contributed by atoms with Crippen LogP contribution in [0.1, 0.15) is 32.0 Å². The van der Waals surface area contributed by atoms with E-state index >= 15 is 0 Å². The number of nitrogens with two attached hydrogens (primary N) is 1. The van der Waals surface area contributed by atoms with Crippen molar-refractivity contribution in [2.75, 3.05) is 0 Å². The van der Waals surface area contributed by atoms with Crippen molar-refractivity contribution in [1.82, 2.24) is 9.55 Å². The highest BCUT2D eigenvalue weighted by Gasteiger charge is 2.32. The maximum absolute atomic E-state index is 13.3. The summed E-state index contributed by atoms with van der Waals surface area (Å²) in [5, 5.41) is -0.422. The number of benzene rings is 1. The maximum atomic E-state index is 13.3. The molecule has 6 heteroatoms. The first-order chi connectivity index (χ1) is 8.75. The zero-order chi connectivity index (χ0) is 14.4. The number of imidazole rings is 1. The van der Waals surface area contributed by atoms with Crippen LogP contribution in [0.5, 0.6) is 0 Å². The zero-order valence-corrected chi connectivity index (χ0v) is 11.7. The van der Waals surface area contributed by atoms with Crippen molar-refractivity contribution in [3.63, 3.8) is 0 Å². The lowest BCUT2D eigenvalue weighted by molar-refractivity contribution is -0.125. The summed E-state index contributed by atoms with van der Waals surface area (Å²) in [5.41, 5.74) is 5.54. The maximum Gasteiger partial charge on any atom is 0.243 e. The van der Waals surface area contributed by atoms with Gasteiger partial charge in [0.25, 0.3) is 0 Å². The van der Waals surface area contributed by atoms with Crippen LogP contribution in [0.25, 0.3) is 11.0 Å². The highest BCUT2D eigenvalue weighted by atomic mass is 35.5. The van der Waals surface area contributed by atoms with Gasteiger partial charge in [-0.15, -0.1) is 11.6 Å². The number of carbonyl (C=O) groups excluding carboxylic acids is 1. The van der Waals surface area contributed by atoms with Crippen molar-refractivity contribution in [3.05, 3.63) is 29.8 Å². The largest absolute Gasteiger partial charge is 0.368 e. The molecule has 4 nitrogen and oxygen atoms in total. The van der Waals surface area contributed by atoms with Crippen molar-refractivity contribution in [2.45, 2.75) is 31.7 Å². The number of halogens is 2. The molecule has 0 radical (unpaired) electrons. The second-order valence-electron chi connectivity index (χ2n) is 4.98. The van der Waals surface area contributed by atoms with E-state index in [1.807, 2.05) is 0 Å². The molecule has 1 atom stereocenters. The number of primary amides is 1. The number of nitrogens with zero attached hydrogens (tertiary/aromatic N) is 2. The Labute approximate surface area is 115 Å². The van der Waals surface area contributed by atoms with Gasteiger partial charge in [0.05, 0.1) is 16.4 Å². The number of rotatable bonds is 3. The van der Waals surface area contributed by atoms with Gasteiger partial charge < -0.3 is 10.3 Å². The minimum Gasteiger partial charge on any atom is -0.368 e. The molecule has 0 spiro atoms. The molecule has 0 aliphatic rings. The molecule has 1 amide bonds. The van der Waals surface area contributed by atoms with Crippen LogP contribution in [0.3, 0.4) is 0 Å². The first-order valence-electron chi connectivity index (χ1n) is 5.87. The van der Waals surface area contributed by atoms with E-state index in [4.69, 9.17) is 17.3 Å². The van der Waals surface area contributed by atoms with E-state index in [1.165, 1.54) is 12.1 Å². The van der Waals surface area contributed by atoms with Gasteiger partial charge in [0, 0.05) is 6.07 Å². The van der Waals surface area contributed by atoms with Gasteiger partial charge in [-0.25, -0.2) is 9.37 Å². The monoisotopic (exact) mass is 283 g/mol. The third-order valence-electron chi connectivity index (χ3n) is 3.16. The number of alkyl halides is 1. The van der Waals surface area contributed by atoms with Gasteiger partial charge in [-0.1, -0.05) is 0 Å². The number of carbonyl (C=O) groups is 1. The third-order valence-corrected chi connectivity index (χ3v) is 3.36. The molecule has 0 aliphatic carbocycles. The first kappa shape index (κ1) is 13.8. The third kappa shape index (κ3) is 2.18. The van der Waals surface area contributed by atoms with Gasteiger partial charge in [-0.2, -0.15) is 0 Å². The topological polar surface area (TPSA) is 60.9 Å². The summed E-state index contributed by atoms with van der Waals surface area (Å²) in [4.78, 5) is 16.0. The Morgan fingerprint density at radius 1 is 1.53 bits per heavy atom. The minimum absolute atomic E-state index is 0.386. The van der Waals surface area contributed by atoms with Crippen LogP contribution in [0.2, 0.25) is 0 Å². The van der Waals surface area contributed by atoms with Gasteiger partial charge in [0.1, 0.15) is 17.2 Å². The van der Waals surface area contributed by atoms with Crippen LogP contribution in [-0.2, 0) is 10.3 Å². The SMILES string of the molecule is CC(Cl)c1nc2cc(F)ccc2n1C(C)(C)C(N)=O. The van der Waals surface area contributed by atoms with Crippen LogP contribution in [-0.4, -0.2) is 15.5 Å². The number of hydrogen-bond acceptors (Lipinski definition) is 2. The molecule has 19 heavy (non-hydrogen) atoms. The van der Waals surface area contributed by atoms with Crippen molar-refractivity contribution < 1.29 is 9.18 Å². The zero-order valence-electron chi connectivity index (χ0n) is 10.9. The van der Waals surface area contributed by atoms with E-state index in [1.54, 1.807) is 31.4 Å². The quantitative estimate of drug-likeness (QED) is 0.881. The number of amides is 1. The van der Waals surface area contributed by atoms with E-state index in [-0.39, 0.29) is 5.82 Å². The van der Waals surface area contributed by atoms with Gasteiger partial charge >= 0.3 is 0 Å². The van der Waals surface area contributed by atoms with Crippen molar-refractivity contribution in [3.8, 4) is 0 Å². The molecule has 102 valence electrons. The number of aromatic nitrogens is 2. The summed E-state index contributed by atoms with van der Waals surface area (Å²) in [6, 6.07) is 4.21. The predicted octanol–water partition coefficient (Wildman–Crippen LogP) is 2.70. The lowest BCUT2D eigenvalue weighted by atomic mass is 10.0. The van der Waals surface area contributed by atoms with Crippen molar-refractivity contribution >= 4 is 28.5 Å². The molecule has 1 heterocycles. The fraction of sp³-hybridized carbons (Fsp3) is 0.385. The number of hydrogen-bond donors (Lipinski definition) is 1. The molecule has 0 bridgehead atoms. The summed E-state index contributed by atoms with van der Waals surface area (Å²) in [5.74, 6) is -0.399. The van der Waals surface area contributed by atoms with E-state index in [0.717, 1.165) is 0 Å². The lowest BCUT2D eigenvalue weighted by Crippen LogP contribution is -2.42. The molecule has 0 saturated heterocycles. The van der Waals surface area contributed by atoms with Crippen LogP contribution in [0.4, 0.5) is 4.39 Å². The molecule has 1 unspecified atom stereocenters. The van der Waals surface area contributed by atoms with Crippen molar-refractivity contribution in [1.29, 1.82) is 0 Å². The Morgan fingerprint density at radius 3 is 2.68 bits per heavy atom. The molecule has 0 saturated carbocycles. The molecule has 2 rings (SSSR count). The molecule has 0 aliphatic heterocycles. The van der Waals surface area contributed by atoms with Crippen LogP contribution in [0.15, 0.2) is 18.2 Å². The Balaban J connectivity index is 2.83. The minimum atomic E-state index is -0.995. The average Bonchev–Trinajstić information content (AvgIpc) is 2.67. The second-order valence-corrected chi connectivity index (χ2v) is 5.63. The first-order valence-corrected chi connectivity index (χ1v) is 6.31. The van der Waals surface area contributed by atoms with Gasteiger partial charge in [-0.3, -0.25) is 4.79 Å². The highest BCUT2D eigenvalue weighted by Crippen LogP contribution is 2.31. The van der Waals surface area contributed by atoms with Gasteiger partial charge in [-0.05, 0) is 32.9 Å². The summed E-state index contributed by atoms with van der Waals surface area (Å²) in [6.07, 6.45) is 0.